The van der Waals surface area contributed by atoms with E-state index in [2.05, 4.69) is 21.5 Å². The van der Waals surface area contributed by atoms with E-state index in [4.69, 9.17) is 9.88 Å². The largest absolute Gasteiger partial charge is 0.380 e. The number of likely N-dealkylation sites (tertiary alicyclic amines) is 1. The molecule has 2 fully saturated rings. The predicted octanol–water partition coefficient (Wildman–Crippen LogP) is 1.56. The van der Waals surface area contributed by atoms with Crippen LogP contribution in [0.15, 0.2) is 4.40 Å². The standard InChI is InChI=1S/C20H38N4O4S/c1-8-28-12-11-24-10-9-15-13(2)16(23-29(21,26)27)14(3)17(20(15,24)7)22-18(25)19(4,5)6/h13-15,17H,8-12H2,1-7H3,(H,22,25)(H2,21,26,27). The summed E-state index contributed by atoms with van der Waals surface area (Å²) in [4.78, 5) is 15.3. The Hall–Kier alpha value is -1.03. The van der Waals surface area contributed by atoms with Crippen molar-refractivity contribution < 1.29 is 17.9 Å². The average Bonchev–Trinajstić information content (AvgIpc) is 2.91. The molecule has 5 atom stereocenters. The zero-order valence-corrected chi connectivity index (χ0v) is 19.7. The highest BCUT2D eigenvalue weighted by molar-refractivity contribution is 7.88. The van der Waals surface area contributed by atoms with Gasteiger partial charge in [-0.3, -0.25) is 9.69 Å². The van der Waals surface area contributed by atoms with Gasteiger partial charge >= 0.3 is 10.2 Å². The molecule has 1 aliphatic carbocycles. The molecule has 2 rings (SSSR count). The molecule has 1 heterocycles. The molecular formula is C20H38N4O4S. The van der Waals surface area contributed by atoms with Gasteiger partial charge in [0.1, 0.15) is 0 Å². The zero-order valence-electron chi connectivity index (χ0n) is 18.9. The summed E-state index contributed by atoms with van der Waals surface area (Å²) < 4.78 is 33.0. The van der Waals surface area contributed by atoms with Crippen LogP contribution in [0.2, 0.25) is 0 Å². The SMILES string of the molecule is CCOCCN1CCC2C(C)C(=NS(N)(=O)=O)C(C)C(NC(=O)C(C)(C)C)C21C. The van der Waals surface area contributed by atoms with Gasteiger partial charge in [-0.05, 0) is 32.7 Å². The van der Waals surface area contributed by atoms with Gasteiger partial charge < -0.3 is 10.1 Å². The molecular weight excluding hydrogens is 392 g/mol. The van der Waals surface area contributed by atoms with Crippen molar-refractivity contribution in [2.45, 2.75) is 66.5 Å². The monoisotopic (exact) mass is 430 g/mol. The van der Waals surface area contributed by atoms with Gasteiger partial charge in [-0.1, -0.05) is 34.6 Å². The van der Waals surface area contributed by atoms with E-state index in [0.29, 0.717) is 18.9 Å². The fraction of sp³-hybridized carbons (Fsp3) is 0.900. The lowest BCUT2D eigenvalue weighted by Crippen LogP contribution is -2.69. The molecule has 3 N–H and O–H groups in total. The number of nitrogens with one attached hydrogen (secondary N) is 1. The highest BCUT2D eigenvalue weighted by atomic mass is 32.2. The number of fused-ring (bicyclic) bond motifs is 1. The molecule has 0 bridgehead atoms. The van der Waals surface area contributed by atoms with E-state index >= 15 is 0 Å². The van der Waals surface area contributed by atoms with E-state index in [0.717, 1.165) is 19.5 Å². The minimum absolute atomic E-state index is 0.0480. The third-order valence-electron chi connectivity index (χ3n) is 6.72. The van der Waals surface area contributed by atoms with Crippen LogP contribution in [0, 0.1) is 23.2 Å². The summed E-state index contributed by atoms with van der Waals surface area (Å²) in [5.41, 5.74) is -0.324. The predicted molar refractivity (Wildman–Crippen MR) is 115 cm³/mol. The van der Waals surface area contributed by atoms with Crippen LogP contribution in [-0.2, 0) is 19.7 Å². The lowest BCUT2D eigenvalue weighted by Gasteiger charge is -2.54. The van der Waals surface area contributed by atoms with Crippen LogP contribution in [0.3, 0.4) is 0 Å². The summed E-state index contributed by atoms with van der Waals surface area (Å²) in [6.45, 7) is 16.7. The van der Waals surface area contributed by atoms with Gasteiger partial charge in [0.15, 0.2) is 0 Å². The highest BCUT2D eigenvalue weighted by Gasteiger charge is 2.59. The van der Waals surface area contributed by atoms with Gasteiger partial charge in [0, 0.05) is 41.7 Å². The Morgan fingerprint density at radius 2 is 1.97 bits per heavy atom. The Morgan fingerprint density at radius 1 is 1.34 bits per heavy atom. The second kappa shape index (κ2) is 8.61. The van der Waals surface area contributed by atoms with Gasteiger partial charge in [-0.25, -0.2) is 5.14 Å². The van der Waals surface area contributed by atoms with Crippen molar-refractivity contribution in [1.29, 1.82) is 0 Å². The van der Waals surface area contributed by atoms with Crippen molar-refractivity contribution in [3.63, 3.8) is 0 Å². The van der Waals surface area contributed by atoms with E-state index < -0.39 is 15.6 Å². The van der Waals surface area contributed by atoms with Gasteiger partial charge in [-0.2, -0.15) is 12.8 Å². The first-order valence-corrected chi connectivity index (χ1v) is 12.0. The van der Waals surface area contributed by atoms with Crippen molar-refractivity contribution in [3.05, 3.63) is 0 Å². The summed E-state index contributed by atoms with van der Waals surface area (Å²) >= 11 is 0. The molecule has 9 heteroatoms. The second-order valence-corrected chi connectivity index (χ2v) is 10.8. The molecule has 5 unspecified atom stereocenters. The zero-order chi connectivity index (χ0) is 22.2. The van der Waals surface area contributed by atoms with Crippen molar-refractivity contribution in [2.75, 3.05) is 26.3 Å². The van der Waals surface area contributed by atoms with Crippen LogP contribution >= 0.6 is 0 Å². The molecule has 168 valence electrons. The maximum absolute atomic E-state index is 12.9. The molecule has 29 heavy (non-hydrogen) atoms. The molecule has 0 spiro atoms. The summed E-state index contributed by atoms with van der Waals surface area (Å²) in [5, 5.41) is 8.49. The lowest BCUT2D eigenvalue weighted by atomic mass is 9.61. The summed E-state index contributed by atoms with van der Waals surface area (Å²) in [7, 11) is -4.01. The van der Waals surface area contributed by atoms with Gasteiger partial charge in [0.25, 0.3) is 0 Å². The van der Waals surface area contributed by atoms with Crippen molar-refractivity contribution >= 4 is 21.8 Å². The fourth-order valence-electron chi connectivity index (χ4n) is 5.16. The lowest BCUT2D eigenvalue weighted by molar-refractivity contribution is -0.131. The third-order valence-corrected chi connectivity index (χ3v) is 7.18. The van der Waals surface area contributed by atoms with Crippen LogP contribution in [0.1, 0.15) is 54.9 Å². The van der Waals surface area contributed by atoms with E-state index in [1.165, 1.54) is 0 Å². The normalized spacial score (nSPS) is 35.0. The van der Waals surface area contributed by atoms with Crippen LogP contribution in [-0.4, -0.2) is 62.8 Å². The Balaban J connectivity index is 2.49. The Labute approximate surface area is 175 Å². The van der Waals surface area contributed by atoms with Crippen molar-refractivity contribution in [2.24, 2.45) is 32.7 Å². The van der Waals surface area contributed by atoms with Gasteiger partial charge in [0.2, 0.25) is 5.91 Å². The topological polar surface area (TPSA) is 114 Å². The first kappa shape index (κ1) is 24.2. The van der Waals surface area contributed by atoms with E-state index in [9.17, 15) is 13.2 Å². The molecule has 0 aromatic rings. The van der Waals surface area contributed by atoms with Crippen molar-refractivity contribution in [1.82, 2.24) is 10.2 Å². The number of nitrogens with zero attached hydrogens (tertiary/aromatic N) is 2. The molecule has 1 saturated heterocycles. The second-order valence-electron chi connectivity index (χ2n) is 9.61. The molecule has 0 aromatic carbocycles. The molecule has 1 amide bonds. The van der Waals surface area contributed by atoms with Crippen LogP contribution in [0.4, 0.5) is 0 Å². The Kier molecular flexibility index (Phi) is 7.20. The summed E-state index contributed by atoms with van der Waals surface area (Å²) in [5.74, 6) is -0.210. The fourth-order valence-corrected chi connectivity index (χ4v) is 5.78. The quantitative estimate of drug-likeness (QED) is 0.621. The smallest absolute Gasteiger partial charge is 0.317 e. The average molecular weight is 431 g/mol. The number of nitrogens with two attached hydrogens (primary N) is 1. The molecule has 8 nitrogen and oxygen atoms in total. The number of ether oxygens (including phenoxy) is 1. The van der Waals surface area contributed by atoms with Crippen LogP contribution in [0.5, 0.6) is 0 Å². The number of hydrogen-bond donors (Lipinski definition) is 2. The minimum atomic E-state index is -4.01. The molecule has 1 aliphatic heterocycles. The number of carbonyl (C=O) groups is 1. The molecule has 0 aromatic heterocycles. The Bertz CT molecular complexity index is 746. The van der Waals surface area contributed by atoms with Crippen LogP contribution < -0.4 is 10.5 Å². The number of hydrogen-bond acceptors (Lipinski definition) is 5. The first-order chi connectivity index (χ1) is 13.2. The number of amides is 1. The summed E-state index contributed by atoms with van der Waals surface area (Å²) in [6, 6.07) is -0.278. The van der Waals surface area contributed by atoms with E-state index in [1.54, 1.807) is 0 Å². The van der Waals surface area contributed by atoms with Crippen LogP contribution in [0.25, 0.3) is 0 Å². The molecule has 1 saturated carbocycles. The van der Waals surface area contributed by atoms with E-state index in [-0.39, 0.29) is 35.2 Å². The maximum Gasteiger partial charge on any atom is 0.317 e. The minimum Gasteiger partial charge on any atom is -0.380 e. The maximum atomic E-state index is 12.9. The summed E-state index contributed by atoms with van der Waals surface area (Å²) in [6.07, 6.45) is 0.905. The highest BCUT2D eigenvalue weighted by Crippen LogP contribution is 2.49. The molecule has 0 radical (unpaired) electrons. The first-order valence-electron chi connectivity index (χ1n) is 10.5. The Morgan fingerprint density at radius 3 is 2.48 bits per heavy atom. The van der Waals surface area contributed by atoms with E-state index in [1.807, 2.05) is 41.5 Å². The molecule has 2 aliphatic rings. The van der Waals surface area contributed by atoms with Crippen molar-refractivity contribution in [3.8, 4) is 0 Å². The van der Waals surface area contributed by atoms with Gasteiger partial charge in [-0.15, -0.1) is 0 Å². The number of carbonyl (C=O) groups excluding carboxylic acids is 1. The number of rotatable bonds is 6. The van der Waals surface area contributed by atoms with Gasteiger partial charge in [0.05, 0.1) is 12.6 Å². The third kappa shape index (κ3) is 5.00.